The lowest BCUT2D eigenvalue weighted by Crippen LogP contribution is -2.41. The average Bonchev–Trinajstić information content (AvgIpc) is 3.26. The lowest BCUT2D eigenvalue weighted by Gasteiger charge is -2.32. The van der Waals surface area contributed by atoms with Gasteiger partial charge >= 0.3 is 7.12 Å². The number of nitrogens with two attached hydrogens (primary N) is 1. The maximum absolute atomic E-state index is 13.5. The average molecular weight is 432 g/mol. The van der Waals surface area contributed by atoms with Crippen LogP contribution in [0.25, 0.3) is 12.2 Å². The molecule has 166 valence electrons. The molecule has 2 N–H and O–H groups in total. The van der Waals surface area contributed by atoms with E-state index < -0.39 is 18.3 Å². The summed E-state index contributed by atoms with van der Waals surface area (Å²) < 4.78 is 12.3. The molecule has 1 saturated heterocycles. The topological polar surface area (TPSA) is 90.6 Å². The van der Waals surface area contributed by atoms with E-state index in [1.54, 1.807) is 11.0 Å². The SMILES string of the molecule is C=Cc1nc(N)nc(C(=O)N2Cc3ccccc3C2)c1C=C(C)B1OC(C)(C)C(C)(C)O1. The number of hydrogen-bond acceptors (Lipinski definition) is 6. The molecule has 0 unspecified atom stereocenters. The van der Waals surface area contributed by atoms with Gasteiger partial charge in [-0.25, -0.2) is 9.97 Å². The number of allylic oxidation sites excluding steroid dienone is 1. The molecule has 1 aromatic carbocycles. The summed E-state index contributed by atoms with van der Waals surface area (Å²) in [7, 11) is -0.547. The molecule has 4 rings (SSSR count). The summed E-state index contributed by atoms with van der Waals surface area (Å²) in [6, 6.07) is 8.03. The maximum atomic E-state index is 13.5. The molecule has 0 bridgehead atoms. The van der Waals surface area contributed by atoms with E-state index in [9.17, 15) is 4.79 Å². The minimum Gasteiger partial charge on any atom is -0.400 e. The van der Waals surface area contributed by atoms with Crippen molar-refractivity contribution in [3.63, 3.8) is 0 Å². The van der Waals surface area contributed by atoms with Crippen LogP contribution in [0.4, 0.5) is 5.95 Å². The summed E-state index contributed by atoms with van der Waals surface area (Å²) in [5.41, 5.74) is 9.38. The Morgan fingerprint density at radius 1 is 1.12 bits per heavy atom. The third-order valence-electron chi connectivity index (χ3n) is 6.51. The van der Waals surface area contributed by atoms with E-state index in [4.69, 9.17) is 15.0 Å². The molecule has 0 aliphatic carbocycles. The molecule has 7 nitrogen and oxygen atoms in total. The number of rotatable bonds is 4. The minimum absolute atomic E-state index is 0.0328. The summed E-state index contributed by atoms with van der Waals surface area (Å²) in [4.78, 5) is 23.9. The fourth-order valence-electron chi connectivity index (χ4n) is 3.92. The molecule has 1 fully saturated rings. The van der Waals surface area contributed by atoms with Crippen LogP contribution >= 0.6 is 0 Å². The minimum atomic E-state index is -0.547. The van der Waals surface area contributed by atoms with Gasteiger partial charge in [0, 0.05) is 18.7 Å². The molecular formula is C24H29BN4O3. The number of carbonyl (C=O) groups excluding carboxylic acids is 1. The second kappa shape index (κ2) is 7.87. The second-order valence-electron chi connectivity index (χ2n) is 9.34. The van der Waals surface area contributed by atoms with Gasteiger partial charge in [-0.05, 0) is 57.3 Å². The molecule has 1 amide bonds. The molecule has 0 saturated carbocycles. The highest BCUT2D eigenvalue weighted by Gasteiger charge is 2.51. The summed E-state index contributed by atoms with van der Waals surface area (Å²) in [5.74, 6) is -0.170. The van der Waals surface area contributed by atoms with Gasteiger partial charge in [0.05, 0.1) is 16.9 Å². The number of fused-ring (bicyclic) bond motifs is 1. The highest BCUT2D eigenvalue weighted by atomic mass is 16.7. The number of nitrogens with zero attached hydrogens (tertiary/aromatic N) is 3. The Labute approximate surface area is 189 Å². The first kappa shape index (κ1) is 22.2. The Morgan fingerprint density at radius 3 is 2.22 bits per heavy atom. The van der Waals surface area contributed by atoms with Gasteiger partial charge in [0.25, 0.3) is 5.91 Å². The van der Waals surface area contributed by atoms with Crippen LogP contribution in [0.5, 0.6) is 0 Å². The van der Waals surface area contributed by atoms with Crippen molar-refractivity contribution in [3.05, 3.63) is 64.4 Å². The Balaban J connectivity index is 1.71. The molecule has 2 aromatic rings. The molecule has 32 heavy (non-hydrogen) atoms. The zero-order chi connectivity index (χ0) is 23.3. The normalized spacial score (nSPS) is 19.2. The fraction of sp³-hybridized carbons (Fsp3) is 0.375. The lowest BCUT2D eigenvalue weighted by atomic mass is 9.78. The molecule has 2 aliphatic rings. The molecule has 1 aromatic heterocycles. The highest BCUT2D eigenvalue weighted by Crippen LogP contribution is 2.39. The number of aromatic nitrogens is 2. The standard InChI is InChI=1S/C24H29BN4O3/c1-7-19-18(12-15(2)25-31-23(3,4)24(5,6)32-25)20(28-22(26)27-19)21(30)29-13-16-10-8-9-11-17(16)14-29/h7-12H,1,13-14H2,2-6H3,(H2,26,27,28). The van der Waals surface area contributed by atoms with Crippen molar-refractivity contribution < 1.29 is 14.1 Å². The third kappa shape index (κ3) is 3.85. The van der Waals surface area contributed by atoms with Crippen molar-refractivity contribution in [1.82, 2.24) is 14.9 Å². The fourth-order valence-corrected chi connectivity index (χ4v) is 3.92. The van der Waals surface area contributed by atoms with Gasteiger partial charge in [0.15, 0.2) is 0 Å². The predicted octanol–water partition coefficient (Wildman–Crippen LogP) is 3.89. The highest BCUT2D eigenvalue weighted by molar-refractivity contribution is 6.55. The molecule has 0 radical (unpaired) electrons. The zero-order valence-corrected chi connectivity index (χ0v) is 19.3. The summed E-state index contributed by atoms with van der Waals surface area (Å²) in [6.07, 6.45) is 3.42. The first-order valence-electron chi connectivity index (χ1n) is 10.7. The van der Waals surface area contributed by atoms with Crippen molar-refractivity contribution in [2.75, 3.05) is 5.73 Å². The number of amides is 1. The smallest absolute Gasteiger partial charge is 0.400 e. The van der Waals surface area contributed by atoms with E-state index in [0.29, 0.717) is 24.3 Å². The lowest BCUT2D eigenvalue weighted by molar-refractivity contribution is 0.00578. The summed E-state index contributed by atoms with van der Waals surface area (Å²) >= 11 is 0. The number of carbonyl (C=O) groups is 1. The summed E-state index contributed by atoms with van der Waals surface area (Å²) in [5, 5.41) is 0. The number of nitrogen functional groups attached to an aromatic ring is 1. The Bertz CT molecular complexity index is 1090. The molecule has 0 atom stereocenters. The van der Waals surface area contributed by atoms with Crippen LogP contribution in [0.15, 0.2) is 36.3 Å². The second-order valence-corrected chi connectivity index (χ2v) is 9.34. The van der Waals surface area contributed by atoms with Gasteiger partial charge in [0.2, 0.25) is 5.95 Å². The van der Waals surface area contributed by atoms with Gasteiger partial charge in [0.1, 0.15) is 5.69 Å². The maximum Gasteiger partial charge on any atom is 0.490 e. The van der Waals surface area contributed by atoms with E-state index in [2.05, 4.69) is 16.5 Å². The molecule has 3 heterocycles. The van der Waals surface area contributed by atoms with Crippen molar-refractivity contribution >= 4 is 31.1 Å². The zero-order valence-electron chi connectivity index (χ0n) is 19.3. The number of hydrogen-bond donors (Lipinski definition) is 1. The van der Waals surface area contributed by atoms with Crippen LogP contribution in [0.3, 0.4) is 0 Å². The largest absolute Gasteiger partial charge is 0.490 e. The molecule has 0 spiro atoms. The van der Waals surface area contributed by atoms with Crippen LogP contribution in [0.2, 0.25) is 0 Å². The number of benzene rings is 1. The van der Waals surface area contributed by atoms with Crippen molar-refractivity contribution in [1.29, 1.82) is 0 Å². The Hall–Kier alpha value is -2.97. The van der Waals surface area contributed by atoms with Crippen molar-refractivity contribution in [3.8, 4) is 0 Å². The van der Waals surface area contributed by atoms with Gasteiger partial charge in [-0.1, -0.05) is 36.9 Å². The van der Waals surface area contributed by atoms with Crippen LogP contribution in [0.1, 0.15) is 67.5 Å². The van der Waals surface area contributed by atoms with E-state index in [-0.39, 0.29) is 17.5 Å². The van der Waals surface area contributed by atoms with E-state index in [0.717, 1.165) is 16.6 Å². The van der Waals surface area contributed by atoms with E-state index in [1.807, 2.05) is 65.0 Å². The summed E-state index contributed by atoms with van der Waals surface area (Å²) in [6.45, 7) is 14.8. The van der Waals surface area contributed by atoms with Crippen LogP contribution in [-0.2, 0) is 22.4 Å². The van der Waals surface area contributed by atoms with Crippen LogP contribution in [-0.4, -0.2) is 39.1 Å². The first-order chi connectivity index (χ1) is 15.0. The molecular weight excluding hydrogens is 403 g/mol. The van der Waals surface area contributed by atoms with Crippen LogP contribution < -0.4 is 5.73 Å². The Kier molecular flexibility index (Phi) is 5.47. The van der Waals surface area contributed by atoms with Gasteiger partial charge < -0.3 is 19.9 Å². The van der Waals surface area contributed by atoms with Crippen LogP contribution in [0, 0.1) is 0 Å². The van der Waals surface area contributed by atoms with E-state index in [1.165, 1.54) is 0 Å². The molecule has 8 heteroatoms. The predicted molar refractivity (Wildman–Crippen MR) is 126 cm³/mol. The number of anilines is 1. The van der Waals surface area contributed by atoms with Gasteiger partial charge in [-0.2, -0.15) is 0 Å². The third-order valence-corrected chi connectivity index (χ3v) is 6.51. The first-order valence-corrected chi connectivity index (χ1v) is 10.7. The van der Waals surface area contributed by atoms with E-state index >= 15 is 0 Å². The van der Waals surface area contributed by atoms with Crippen molar-refractivity contribution in [2.45, 2.75) is 58.9 Å². The van der Waals surface area contributed by atoms with Crippen molar-refractivity contribution in [2.24, 2.45) is 0 Å². The van der Waals surface area contributed by atoms with Gasteiger partial charge in [-0.3, -0.25) is 4.79 Å². The monoisotopic (exact) mass is 432 g/mol. The quantitative estimate of drug-likeness (QED) is 0.738. The Morgan fingerprint density at radius 2 is 1.69 bits per heavy atom. The molecule has 2 aliphatic heterocycles. The van der Waals surface area contributed by atoms with Gasteiger partial charge in [-0.15, -0.1) is 0 Å².